The molecule has 1 atom stereocenters. The van der Waals surface area contributed by atoms with Crippen molar-refractivity contribution in [3.63, 3.8) is 0 Å². The molecule has 0 aromatic carbocycles. The van der Waals surface area contributed by atoms with Gasteiger partial charge in [-0.25, -0.2) is 15.0 Å². The minimum absolute atomic E-state index is 0.107. The molecular formula is C22H30N6O2. The van der Waals surface area contributed by atoms with Crippen molar-refractivity contribution in [1.82, 2.24) is 29.3 Å². The SMILES string of the molecule is CCN1CCC(C(=O)N2CCOC[C@@]3(Cc4ncc(-c5cncnc5)n4C3)C2)CC1. The number of carbonyl (C=O) groups excluding carboxylic acids is 1. The van der Waals surface area contributed by atoms with E-state index in [0.717, 1.165) is 69.1 Å². The van der Waals surface area contributed by atoms with Crippen molar-refractivity contribution in [1.29, 1.82) is 0 Å². The molecule has 0 radical (unpaired) electrons. The van der Waals surface area contributed by atoms with Gasteiger partial charge >= 0.3 is 0 Å². The number of piperidine rings is 1. The Kier molecular flexibility index (Phi) is 5.28. The predicted octanol–water partition coefficient (Wildman–Crippen LogP) is 1.47. The summed E-state index contributed by atoms with van der Waals surface area (Å²) in [7, 11) is 0. The molecule has 3 aliphatic rings. The third-order valence-electron chi connectivity index (χ3n) is 6.96. The number of likely N-dealkylation sites (tertiary alicyclic amines) is 1. The molecule has 5 heterocycles. The lowest BCUT2D eigenvalue weighted by atomic mass is 9.86. The van der Waals surface area contributed by atoms with E-state index in [9.17, 15) is 4.79 Å². The quantitative estimate of drug-likeness (QED) is 0.763. The Labute approximate surface area is 177 Å². The molecule has 0 saturated carbocycles. The molecule has 160 valence electrons. The molecule has 30 heavy (non-hydrogen) atoms. The first-order valence-corrected chi connectivity index (χ1v) is 11.1. The first-order chi connectivity index (χ1) is 14.7. The summed E-state index contributed by atoms with van der Waals surface area (Å²) in [6.45, 7) is 8.84. The van der Waals surface area contributed by atoms with Crippen LogP contribution in [0.25, 0.3) is 11.3 Å². The highest BCUT2D eigenvalue weighted by molar-refractivity contribution is 5.79. The lowest BCUT2D eigenvalue weighted by molar-refractivity contribution is -0.138. The second kappa shape index (κ2) is 8.07. The van der Waals surface area contributed by atoms with Crippen LogP contribution in [-0.4, -0.2) is 81.2 Å². The summed E-state index contributed by atoms with van der Waals surface area (Å²) in [6, 6.07) is 0. The van der Waals surface area contributed by atoms with Gasteiger partial charge in [0.25, 0.3) is 0 Å². The number of rotatable bonds is 3. The minimum Gasteiger partial charge on any atom is -0.379 e. The van der Waals surface area contributed by atoms with E-state index in [2.05, 4.69) is 36.2 Å². The molecule has 0 unspecified atom stereocenters. The largest absolute Gasteiger partial charge is 0.379 e. The number of aromatic nitrogens is 4. The Morgan fingerprint density at radius 2 is 1.97 bits per heavy atom. The van der Waals surface area contributed by atoms with Gasteiger partial charge in [0.2, 0.25) is 5.91 Å². The van der Waals surface area contributed by atoms with Gasteiger partial charge in [-0.2, -0.15) is 0 Å². The summed E-state index contributed by atoms with van der Waals surface area (Å²) < 4.78 is 8.27. The minimum atomic E-state index is -0.107. The molecule has 2 aromatic rings. The molecule has 3 aliphatic heterocycles. The summed E-state index contributed by atoms with van der Waals surface area (Å²) in [4.78, 5) is 30.8. The van der Waals surface area contributed by atoms with Crippen LogP contribution in [0.3, 0.4) is 0 Å². The third-order valence-corrected chi connectivity index (χ3v) is 6.96. The Balaban J connectivity index is 1.32. The van der Waals surface area contributed by atoms with Crippen LogP contribution in [0, 0.1) is 11.3 Å². The van der Waals surface area contributed by atoms with Crippen LogP contribution in [-0.2, 0) is 22.5 Å². The van der Waals surface area contributed by atoms with E-state index >= 15 is 0 Å². The van der Waals surface area contributed by atoms with Crippen LogP contribution in [0.2, 0.25) is 0 Å². The zero-order valence-electron chi connectivity index (χ0n) is 17.7. The molecule has 1 spiro atoms. The number of fused-ring (bicyclic) bond motifs is 1. The molecule has 0 bridgehead atoms. The zero-order chi connectivity index (χ0) is 20.6. The maximum absolute atomic E-state index is 13.4. The standard InChI is InChI=1S/C22H30N6O2/c1-2-26-5-3-17(4-6-26)21(29)27-7-8-30-15-22(13-27)9-20-25-12-19(28(20)14-22)18-10-23-16-24-11-18/h10-12,16-17H,2-9,13-15H2,1H3/t22-/m0/s1. The van der Waals surface area contributed by atoms with Crippen LogP contribution in [0.4, 0.5) is 0 Å². The highest BCUT2D eigenvalue weighted by atomic mass is 16.5. The molecule has 2 fully saturated rings. The van der Waals surface area contributed by atoms with Crippen molar-refractivity contribution in [2.75, 3.05) is 45.9 Å². The summed E-state index contributed by atoms with van der Waals surface area (Å²) in [5.74, 6) is 1.53. The summed E-state index contributed by atoms with van der Waals surface area (Å²) >= 11 is 0. The van der Waals surface area contributed by atoms with Gasteiger partial charge in [-0.1, -0.05) is 6.92 Å². The van der Waals surface area contributed by atoms with E-state index in [1.54, 1.807) is 6.33 Å². The average Bonchev–Trinajstić information content (AvgIpc) is 3.25. The van der Waals surface area contributed by atoms with E-state index in [4.69, 9.17) is 4.74 Å². The van der Waals surface area contributed by atoms with Crippen LogP contribution in [0.15, 0.2) is 24.9 Å². The van der Waals surface area contributed by atoms with Gasteiger partial charge in [-0.3, -0.25) is 4.79 Å². The smallest absolute Gasteiger partial charge is 0.225 e. The summed E-state index contributed by atoms with van der Waals surface area (Å²) in [5, 5.41) is 0. The average molecular weight is 411 g/mol. The van der Waals surface area contributed by atoms with Crippen LogP contribution < -0.4 is 0 Å². The molecule has 2 aromatic heterocycles. The van der Waals surface area contributed by atoms with E-state index in [1.807, 2.05) is 18.6 Å². The first-order valence-electron chi connectivity index (χ1n) is 11.1. The summed E-state index contributed by atoms with van der Waals surface area (Å²) in [6.07, 6.45) is 9.86. The highest BCUT2D eigenvalue weighted by Crippen LogP contribution is 2.38. The fourth-order valence-corrected chi connectivity index (χ4v) is 5.26. The van der Waals surface area contributed by atoms with Crippen LogP contribution >= 0.6 is 0 Å². The first kappa shape index (κ1) is 19.6. The van der Waals surface area contributed by atoms with Crippen LogP contribution in [0.1, 0.15) is 25.6 Å². The Morgan fingerprint density at radius 1 is 1.17 bits per heavy atom. The molecule has 1 amide bonds. The van der Waals surface area contributed by atoms with E-state index in [-0.39, 0.29) is 11.3 Å². The zero-order valence-corrected chi connectivity index (χ0v) is 17.7. The van der Waals surface area contributed by atoms with Crippen molar-refractivity contribution < 1.29 is 9.53 Å². The second-order valence-electron chi connectivity index (χ2n) is 8.97. The van der Waals surface area contributed by atoms with Crippen molar-refractivity contribution in [3.8, 4) is 11.3 Å². The maximum atomic E-state index is 13.4. The van der Waals surface area contributed by atoms with E-state index in [1.165, 1.54) is 0 Å². The predicted molar refractivity (Wildman–Crippen MR) is 112 cm³/mol. The number of ether oxygens (including phenoxy) is 1. The lowest BCUT2D eigenvalue weighted by Crippen LogP contribution is -2.47. The van der Waals surface area contributed by atoms with Crippen LogP contribution in [0.5, 0.6) is 0 Å². The third kappa shape index (κ3) is 3.63. The second-order valence-corrected chi connectivity index (χ2v) is 8.97. The topological polar surface area (TPSA) is 76.4 Å². The Hall–Kier alpha value is -2.32. The normalized spacial score (nSPS) is 25.4. The fraction of sp³-hybridized carbons (Fsp3) is 0.636. The molecular weight excluding hydrogens is 380 g/mol. The number of amides is 1. The van der Waals surface area contributed by atoms with Gasteiger partial charge in [0, 0.05) is 55.3 Å². The van der Waals surface area contributed by atoms with Crippen molar-refractivity contribution in [2.24, 2.45) is 11.3 Å². The van der Waals surface area contributed by atoms with Gasteiger partial charge in [-0.05, 0) is 32.5 Å². The van der Waals surface area contributed by atoms with Gasteiger partial charge in [0.05, 0.1) is 25.1 Å². The van der Waals surface area contributed by atoms with Crippen molar-refractivity contribution >= 4 is 5.91 Å². The van der Waals surface area contributed by atoms with Gasteiger partial charge in [-0.15, -0.1) is 0 Å². The number of imidazole rings is 1. The van der Waals surface area contributed by atoms with Crippen molar-refractivity contribution in [2.45, 2.75) is 32.7 Å². The number of carbonyl (C=O) groups is 1. The molecule has 0 N–H and O–H groups in total. The van der Waals surface area contributed by atoms with Gasteiger partial charge in [0.15, 0.2) is 0 Å². The molecule has 5 rings (SSSR count). The monoisotopic (exact) mass is 410 g/mol. The van der Waals surface area contributed by atoms with E-state index < -0.39 is 0 Å². The fourth-order valence-electron chi connectivity index (χ4n) is 5.26. The lowest BCUT2D eigenvalue weighted by Gasteiger charge is -2.36. The van der Waals surface area contributed by atoms with Crippen molar-refractivity contribution in [3.05, 3.63) is 30.7 Å². The summed E-state index contributed by atoms with van der Waals surface area (Å²) in [5.41, 5.74) is 1.90. The highest BCUT2D eigenvalue weighted by Gasteiger charge is 2.44. The number of hydrogen-bond acceptors (Lipinski definition) is 6. The Bertz CT molecular complexity index is 892. The Morgan fingerprint density at radius 3 is 2.73 bits per heavy atom. The number of nitrogens with zero attached hydrogens (tertiary/aromatic N) is 6. The maximum Gasteiger partial charge on any atom is 0.225 e. The molecule has 8 nitrogen and oxygen atoms in total. The van der Waals surface area contributed by atoms with E-state index in [0.29, 0.717) is 25.7 Å². The molecule has 0 aliphatic carbocycles. The molecule has 2 saturated heterocycles. The van der Waals surface area contributed by atoms with Gasteiger partial charge < -0.3 is 19.1 Å². The van der Waals surface area contributed by atoms with Gasteiger partial charge in [0.1, 0.15) is 12.2 Å². The molecule has 8 heteroatoms. The number of hydrogen-bond donors (Lipinski definition) is 0.